The molecule has 4 nitrogen and oxygen atoms in total. The zero-order chi connectivity index (χ0) is 12.3. The van der Waals surface area contributed by atoms with E-state index in [4.69, 9.17) is 10.2 Å². The van der Waals surface area contributed by atoms with E-state index >= 15 is 0 Å². The summed E-state index contributed by atoms with van der Waals surface area (Å²) in [5, 5.41) is 18.9. The van der Waals surface area contributed by atoms with Crippen molar-refractivity contribution in [2.24, 2.45) is 0 Å². The average molecular weight is 235 g/mol. The van der Waals surface area contributed by atoms with Gasteiger partial charge in [-0.25, -0.2) is 4.79 Å². The van der Waals surface area contributed by atoms with Crippen LogP contribution in [0.5, 0.6) is 0 Å². The summed E-state index contributed by atoms with van der Waals surface area (Å²) in [7, 11) is 0. The first kappa shape index (κ1) is 12.3. The van der Waals surface area contributed by atoms with Gasteiger partial charge in [-0.2, -0.15) is 13.2 Å². The van der Waals surface area contributed by atoms with Crippen LogP contribution in [0.3, 0.4) is 0 Å². The van der Waals surface area contributed by atoms with Gasteiger partial charge in [0.15, 0.2) is 0 Å². The number of aliphatic hydroxyl groups excluding tert-OH is 1. The number of amides is 1. The van der Waals surface area contributed by atoms with Crippen LogP contribution in [0.4, 0.5) is 23.7 Å². The Morgan fingerprint density at radius 2 is 2.00 bits per heavy atom. The van der Waals surface area contributed by atoms with E-state index in [1.165, 1.54) is 0 Å². The van der Waals surface area contributed by atoms with Gasteiger partial charge >= 0.3 is 12.3 Å². The maximum atomic E-state index is 12.5. The summed E-state index contributed by atoms with van der Waals surface area (Å²) < 4.78 is 37.4. The Morgan fingerprint density at radius 1 is 1.38 bits per heavy atom. The number of carbonyl (C=O) groups is 1. The third kappa shape index (κ3) is 2.86. The van der Waals surface area contributed by atoms with E-state index in [1.54, 1.807) is 5.32 Å². The van der Waals surface area contributed by atoms with Crippen molar-refractivity contribution in [3.05, 3.63) is 29.3 Å². The summed E-state index contributed by atoms with van der Waals surface area (Å²) in [6.07, 6.45) is -6.08. The fourth-order valence-electron chi connectivity index (χ4n) is 1.18. The first-order chi connectivity index (χ1) is 7.34. The quantitative estimate of drug-likeness (QED) is 0.736. The lowest BCUT2D eigenvalue weighted by Crippen LogP contribution is -2.12. The van der Waals surface area contributed by atoms with Crippen molar-refractivity contribution >= 4 is 11.8 Å². The molecule has 3 N–H and O–H groups in total. The van der Waals surface area contributed by atoms with Gasteiger partial charge in [-0.05, 0) is 17.7 Å². The van der Waals surface area contributed by atoms with Gasteiger partial charge in [0.05, 0.1) is 12.2 Å². The molecule has 0 aliphatic carbocycles. The third-order valence-electron chi connectivity index (χ3n) is 1.84. The van der Waals surface area contributed by atoms with E-state index < -0.39 is 24.4 Å². The van der Waals surface area contributed by atoms with Crippen molar-refractivity contribution in [3.8, 4) is 0 Å². The Bertz CT molecular complexity index is 403. The predicted octanol–water partition coefficient (Wildman–Crippen LogP) is 2.29. The number of carboxylic acid groups (broad SMARTS) is 1. The minimum absolute atomic E-state index is 0.197. The molecule has 0 atom stereocenters. The van der Waals surface area contributed by atoms with E-state index in [2.05, 4.69) is 0 Å². The topological polar surface area (TPSA) is 69.6 Å². The van der Waals surface area contributed by atoms with Crippen molar-refractivity contribution in [1.29, 1.82) is 0 Å². The Hall–Kier alpha value is -1.76. The number of alkyl halides is 3. The molecule has 0 aliphatic heterocycles. The second kappa shape index (κ2) is 4.40. The van der Waals surface area contributed by atoms with Crippen LogP contribution in [0.1, 0.15) is 11.1 Å². The molecule has 88 valence electrons. The summed E-state index contributed by atoms with van der Waals surface area (Å²) in [5.74, 6) is 0. The number of nitrogens with one attached hydrogen (secondary N) is 1. The molecule has 1 rings (SSSR count). The Kier molecular flexibility index (Phi) is 3.38. The van der Waals surface area contributed by atoms with Crippen LogP contribution < -0.4 is 5.32 Å². The highest BCUT2D eigenvalue weighted by Gasteiger charge is 2.33. The van der Waals surface area contributed by atoms with Crippen LogP contribution in [0, 0.1) is 0 Å². The van der Waals surface area contributed by atoms with Crippen molar-refractivity contribution < 1.29 is 28.2 Å². The Labute approximate surface area is 88.3 Å². The number of hydrogen-bond donors (Lipinski definition) is 3. The van der Waals surface area contributed by atoms with E-state index in [-0.39, 0.29) is 11.3 Å². The van der Waals surface area contributed by atoms with Crippen LogP contribution in [0.25, 0.3) is 0 Å². The molecule has 0 unspecified atom stereocenters. The fourth-order valence-corrected chi connectivity index (χ4v) is 1.18. The summed E-state index contributed by atoms with van der Waals surface area (Å²) >= 11 is 0. The third-order valence-corrected chi connectivity index (χ3v) is 1.84. The number of benzene rings is 1. The van der Waals surface area contributed by atoms with Gasteiger partial charge in [0.25, 0.3) is 0 Å². The van der Waals surface area contributed by atoms with E-state index in [0.29, 0.717) is 6.07 Å². The lowest BCUT2D eigenvalue weighted by atomic mass is 10.1. The molecule has 0 bridgehead atoms. The molecule has 1 amide bonds. The van der Waals surface area contributed by atoms with Crippen LogP contribution >= 0.6 is 0 Å². The minimum Gasteiger partial charge on any atom is -0.465 e. The van der Waals surface area contributed by atoms with Crippen molar-refractivity contribution in [1.82, 2.24) is 0 Å². The van der Waals surface area contributed by atoms with Crippen molar-refractivity contribution in [2.45, 2.75) is 12.8 Å². The van der Waals surface area contributed by atoms with Gasteiger partial charge < -0.3 is 10.2 Å². The first-order valence-corrected chi connectivity index (χ1v) is 4.15. The van der Waals surface area contributed by atoms with Crippen LogP contribution in [0.15, 0.2) is 18.2 Å². The summed E-state index contributed by atoms with van der Waals surface area (Å²) in [6, 6.07) is 2.81. The molecule has 0 spiro atoms. The molecule has 7 heteroatoms. The number of halogens is 3. The van der Waals surface area contributed by atoms with Gasteiger partial charge in [0.1, 0.15) is 0 Å². The molecule has 0 radical (unpaired) electrons. The van der Waals surface area contributed by atoms with Crippen molar-refractivity contribution in [2.75, 3.05) is 5.32 Å². The second-order valence-electron chi connectivity index (χ2n) is 2.96. The molecule has 0 aromatic heterocycles. The highest BCUT2D eigenvalue weighted by molar-refractivity contribution is 5.83. The minimum atomic E-state index is -4.63. The molecular formula is C9H8F3NO3. The first-order valence-electron chi connectivity index (χ1n) is 4.15. The Balaban J connectivity index is 3.16. The van der Waals surface area contributed by atoms with Gasteiger partial charge in [-0.15, -0.1) is 0 Å². The molecule has 0 saturated carbocycles. The van der Waals surface area contributed by atoms with Crippen LogP contribution in [-0.4, -0.2) is 16.3 Å². The molecule has 1 aromatic carbocycles. The standard InChI is InChI=1S/C9H8F3NO3/c10-9(11,12)7-3-6(13-8(15)16)2-1-5(7)4-14/h1-3,13-14H,4H2,(H,15,16). The lowest BCUT2D eigenvalue weighted by molar-refractivity contribution is -0.138. The van der Waals surface area contributed by atoms with Gasteiger partial charge in [-0.1, -0.05) is 6.07 Å². The van der Waals surface area contributed by atoms with Crippen LogP contribution in [-0.2, 0) is 12.8 Å². The molecule has 1 aromatic rings. The second-order valence-corrected chi connectivity index (χ2v) is 2.96. The predicted molar refractivity (Wildman–Crippen MR) is 49.0 cm³/mol. The molecule has 0 saturated heterocycles. The molecular weight excluding hydrogens is 227 g/mol. The van der Waals surface area contributed by atoms with Gasteiger partial charge in [0, 0.05) is 5.69 Å². The largest absolute Gasteiger partial charge is 0.465 e. The van der Waals surface area contributed by atoms with Crippen LogP contribution in [0.2, 0.25) is 0 Å². The number of anilines is 1. The highest BCUT2D eigenvalue weighted by Crippen LogP contribution is 2.33. The highest BCUT2D eigenvalue weighted by atomic mass is 19.4. The zero-order valence-corrected chi connectivity index (χ0v) is 7.88. The monoisotopic (exact) mass is 235 g/mol. The number of aliphatic hydroxyl groups is 1. The molecule has 0 aliphatic rings. The van der Waals surface area contributed by atoms with Crippen molar-refractivity contribution in [3.63, 3.8) is 0 Å². The smallest absolute Gasteiger partial charge is 0.416 e. The normalized spacial score (nSPS) is 11.2. The maximum absolute atomic E-state index is 12.5. The van der Waals surface area contributed by atoms with Gasteiger partial charge in [-0.3, -0.25) is 5.32 Å². The average Bonchev–Trinajstić information content (AvgIpc) is 2.15. The summed E-state index contributed by atoms with van der Waals surface area (Å²) in [5.41, 5.74) is -1.55. The SMILES string of the molecule is O=C(O)Nc1ccc(CO)c(C(F)(F)F)c1. The lowest BCUT2D eigenvalue weighted by Gasteiger charge is -2.12. The van der Waals surface area contributed by atoms with E-state index in [0.717, 1.165) is 12.1 Å². The summed E-state index contributed by atoms with van der Waals surface area (Å²) in [6.45, 7) is -0.762. The van der Waals surface area contributed by atoms with E-state index in [9.17, 15) is 18.0 Å². The van der Waals surface area contributed by atoms with E-state index in [1.807, 2.05) is 0 Å². The summed E-state index contributed by atoms with van der Waals surface area (Å²) in [4.78, 5) is 10.2. The number of rotatable bonds is 2. The maximum Gasteiger partial charge on any atom is 0.416 e. The molecule has 0 heterocycles. The zero-order valence-electron chi connectivity index (χ0n) is 7.88. The molecule has 16 heavy (non-hydrogen) atoms. The molecule has 0 fully saturated rings. The Morgan fingerprint density at radius 3 is 2.44 bits per heavy atom. The fraction of sp³-hybridized carbons (Fsp3) is 0.222. The number of hydrogen-bond acceptors (Lipinski definition) is 2. The van der Waals surface area contributed by atoms with Gasteiger partial charge in [0.2, 0.25) is 0 Å².